The maximum atomic E-state index is 12.5. The van der Waals surface area contributed by atoms with E-state index in [1.807, 2.05) is 25.1 Å². The minimum absolute atomic E-state index is 0.187. The molecule has 0 aromatic heterocycles. The first kappa shape index (κ1) is 25.5. The van der Waals surface area contributed by atoms with E-state index in [0.717, 1.165) is 15.6 Å². The summed E-state index contributed by atoms with van der Waals surface area (Å²) in [4.78, 5) is 24.8. The molecule has 0 aliphatic heterocycles. The highest BCUT2D eigenvalue weighted by molar-refractivity contribution is 9.10. The number of esters is 1. The van der Waals surface area contributed by atoms with Crippen molar-refractivity contribution in [2.45, 2.75) is 26.7 Å². The fraction of sp³-hybridized carbons (Fsp3) is 0.192. The molecule has 0 unspecified atom stereocenters. The quantitative estimate of drug-likeness (QED) is 0.157. The van der Waals surface area contributed by atoms with E-state index in [1.54, 1.807) is 42.5 Å². The van der Waals surface area contributed by atoms with E-state index in [2.05, 4.69) is 40.3 Å². The summed E-state index contributed by atoms with van der Waals surface area (Å²) in [6, 6.07) is 17.6. The van der Waals surface area contributed by atoms with Crippen molar-refractivity contribution < 1.29 is 19.1 Å². The molecule has 0 heterocycles. The van der Waals surface area contributed by atoms with E-state index in [1.165, 1.54) is 6.21 Å². The van der Waals surface area contributed by atoms with Crippen LogP contribution in [-0.4, -0.2) is 24.7 Å². The topological polar surface area (TPSA) is 77.0 Å². The summed E-state index contributed by atoms with van der Waals surface area (Å²) in [5, 5.41) is 4.28. The molecule has 0 fully saturated rings. The smallest absolute Gasteiger partial charge is 0.345 e. The molecule has 0 radical (unpaired) electrons. The summed E-state index contributed by atoms with van der Waals surface area (Å²) in [7, 11) is 0. The SMILES string of the molecule is Cc1ccc(C(C)C)c(OCC(=O)N/N=C/c2cc(Br)ccc2OC(=O)c2ccccc2Cl)c1. The first-order valence-electron chi connectivity index (χ1n) is 10.6. The van der Waals surface area contributed by atoms with Crippen molar-refractivity contribution in [3.63, 3.8) is 0 Å². The molecule has 0 aliphatic rings. The number of nitrogens with one attached hydrogen (secondary N) is 1. The zero-order valence-electron chi connectivity index (χ0n) is 19.0. The number of hydrogen-bond acceptors (Lipinski definition) is 5. The Hall–Kier alpha value is -3.16. The van der Waals surface area contributed by atoms with Gasteiger partial charge in [-0.2, -0.15) is 5.10 Å². The number of rotatable bonds is 8. The highest BCUT2D eigenvalue weighted by Gasteiger charge is 2.15. The number of ether oxygens (including phenoxy) is 2. The zero-order valence-corrected chi connectivity index (χ0v) is 21.3. The number of hydrazone groups is 1. The van der Waals surface area contributed by atoms with E-state index < -0.39 is 11.9 Å². The fourth-order valence-electron chi connectivity index (χ4n) is 3.09. The summed E-state index contributed by atoms with van der Waals surface area (Å²) >= 11 is 9.47. The number of aryl methyl sites for hydroxylation is 1. The Kier molecular flexibility index (Phi) is 8.85. The molecule has 176 valence electrons. The van der Waals surface area contributed by atoms with Gasteiger partial charge in [0.2, 0.25) is 0 Å². The van der Waals surface area contributed by atoms with Crippen molar-refractivity contribution in [3.8, 4) is 11.5 Å². The second-order valence-electron chi connectivity index (χ2n) is 7.83. The summed E-state index contributed by atoms with van der Waals surface area (Å²) in [6.07, 6.45) is 1.39. The Balaban J connectivity index is 1.65. The van der Waals surface area contributed by atoms with Gasteiger partial charge in [0.25, 0.3) is 5.91 Å². The summed E-state index contributed by atoms with van der Waals surface area (Å²) in [5.74, 6) is 0.190. The molecule has 0 saturated carbocycles. The lowest BCUT2D eigenvalue weighted by atomic mass is 10.0. The number of nitrogens with zero attached hydrogens (tertiary/aromatic N) is 1. The van der Waals surface area contributed by atoms with Crippen molar-refractivity contribution in [2.75, 3.05) is 6.61 Å². The van der Waals surface area contributed by atoms with Crippen LogP contribution < -0.4 is 14.9 Å². The Morgan fingerprint density at radius 2 is 1.85 bits per heavy atom. The Morgan fingerprint density at radius 1 is 1.09 bits per heavy atom. The number of benzene rings is 3. The number of carbonyl (C=O) groups excluding carboxylic acids is 2. The molecule has 34 heavy (non-hydrogen) atoms. The highest BCUT2D eigenvalue weighted by atomic mass is 79.9. The highest BCUT2D eigenvalue weighted by Crippen LogP contribution is 2.27. The first-order chi connectivity index (χ1) is 16.2. The van der Waals surface area contributed by atoms with Gasteiger partial charge in [0, 0.05) is 10.0 Å². The van der Waals surface area contributed by atoms with Gasteiger partial charge in [0.15, 0.2) is 6.61 Å². The molecule has 1 N–H and O–H groups in total. The minimum Gasteiger partial charge on any atom is -0.483 e. The Labute approximate surface area is 212 Å². The standard InChI is InChI=1S/C26H24BrClN2O4/c1-16(2)20-10-8-17(3)12-24(20)33-15-25(31)30-29-14-18-13-19(27)9-11-23(18)34-26(32)21-6-4-5-7-22(21)28/h4-14,16H,15H2,1-3H3,(H,30,31)/b29-14+. The molecule has 6 nitrogen and oxygen atoms in total. The predicted octanol–water partition coefficient (Wildman–Crippen LogP) is 6.28. The van der Waals surface area contributed by atoms with Gasteiger partial charge in [-0.05, 0) is 60.4 Å². The second-order valence-corrected chi connectivity index (χ2v) is 9.15. The van der Waals surface area contributed by atoms with Gasteiger partial charge in [-0.25, -0.2) is 10.2 Å². The number of amides is 1. The lowest BCUT2D eigenvalue weighted by Gasteiger charge is -2.14. The zero-order chi connectivity index (χ0) is 24.7. The van der Waals surface area contributed by atoms with Crippen LogP contribution in [0.25, 0.3) is 0 Å². The molecule has 3 rings (SSSR count). The minimum atomic E-state index is -0.598. The summed E-state index contributed by atoms with van der Waals surface area (Å²) < 4.78 is 12.0. The molecule has 3 aromatic rings. The third-order valence-corrected chi connectivity index (χ3v) is 5.63. The van der Waals surface area contributed by atoms with E-state index >= 15 is 0 Å². The third-order valence-electron chi connectivity index (χ3n) is 4.81. The lowest BCUT2D eigenvalue weighted by Crippen LogP contribution is -2.25. The normalized spacial score (nSPS) is 11.0. The average Bonchev–Trinajstić information content (AvgIpc) is 2.79. The Bertz CT molecular complexity index is 1230. The fourth-order valence-corrected chi connectivity index (χ4v) is 3.68. The van der Waals surface area contributed by atoms with Crippen molar-refractivity contribution in [1.29, 1.82) is 0 Å². The Morgan fingerprint density at radius 3 is 2.59 bits per heavy atom. The predicted molar refractivity (Wildman–Crippen MR) is 137 cm³/mol. The monoisotopic (exact) mass is 542 g/mol. The number of halogens is 2. The van der Waals surface area contributed by atoms with Crippen LogP contribution in [0.3, 0.4) is 0 Å². The van der Waals surface area contributed by atoms with Gasteiger partial charge in [0.05, 0.1) is 16.8 Å². The molecule has 8 heteroatoms. The molecule has 0 aliphatic carbocycles. The molecule has 0 saturated heterocycles. The van der Waals surface area contributed by atoms with Crippen LogP contribution in [0.5, 0.6) is 11.5 Å². The molecule has 0 bridgehead atoms. The molecule has 0 atom stereocenters. The van der Waals surface area contributed by atoms with Crippen molar-refractivity contribution in [2.24, 2.45) is 5.10 Å². The van der Waals surface area contributed by atoms with Gasteiger partial charge in [-0.3, -0.25) is 4.79 Å². The van der Waals surface area contributed by atoms with E-state index in [9.17, 15) is 9.59 Å². The average molecular weight is 544 g/mol. The molecule has 3 aromatic carbocycles. The van der Waals surface area contributed by atoms with Crippen LogP contribution in [0.4, 0.5) is 0 Å². The van der Waals surface area contributed by atoms with Crippen LogP contribution in [0.1, 0.15) is 46.8 Å². The van der Waals surface area contributed by atoms with Crippen molar-refractivity contribution in [1.82, 2.24) is 5.43 Å². The summed E-state index contributed by atoms with van der Waals surface area (Å²) in [6.45, 7) is 5.91. The largest absolute Gasteiger partial charge is 0.483 e. The second kappa shape index (κ2) is 11.8. The molecule has 1 amide bonds. The molecular weight excluding hydrogens is 520 g/mol. The molecule has 0 spiro atoms. The van der Waals surface area contributed by atoms with Gasteiger partial charge < -0.3 is 9.47 Å². The van der Waals surface area contributed by atoms with E-state index in [-0.39, 0.29) is 23.8 Å². The van der Waals surface area contributed by atoms with Crippen molar-refractivity contribution >= 4 is 45.6 Å². The summed E-state index contributed by atoms with van der Waals surface area (Å²) in [5.41, 5.74) is 5.24. The van der Waals surface area contributed by atoms with Gasteiger partial charge >= 0.3 is 5.97 Å². The number of hydrogen-bond donors (Lipinski definition) is 1. The maximum absolute atomic E-state index is 12.5. The van der Waals surface area contributed by atoms with Crippen molar-refractivity contribution in [3.05, 3.63) is 92.4 Å². The van der Waals surface area contributed by atoms with Gasteiger partial charge in [0.1, 0.15) is 11.5 Å². The van der Waals surface area contributed by atoms with Crippen LogP contribution in [0.2, 0.25) is 5.02 Å². The van der Waals surface area contributed by atoms with Crippen LogP contribution in [0.15, 0.2) is 70.2 Å². The maximum Gasteiger partial charge on any atom is 0.345 e. The third kappa shape index (κ3) is 6.92. The molecular formula is C26H24BrClN2O4. The van der Waals surface area contributed by atoms with Crippen LogP contribution >= 0.6 is 27.5 Å². The van der Waals surface area contributed by atoms with E-state index in [0.29, 0.717) is 16.3 Å². The van der Waals surface area contributed by atoms with Gasteiger partial charge in [-0.1, -0.05) is 65.6 Å². The lowest BCUT2D eigenvalue weighted by molar-refractivity contribution is -0.123. The van der Waals surface area contributed by atoms with Crippen LogP contribution in [0, 0.1) is 6.92 Å². The van der Waals surface area contributed by atoms with Crippen LogP contribution in [-0.2, 0) is 4.79 Å². The first-order valence-corrected chi connectivity index (χ1v) is 11.7. The van der Waals surface area contributed by atoms with Gasteiger partial charge in [-0.15, -0.1) is 0 Å². The van der Waals surface area contributed by atoms with E-state index in [4.69, 9.17) is 21.1 Å². The number of carbonyl (C=O) groups is 2.